The van der Waals surface area contributed by atoms with Crippen LogP contribution in [0.1, 0.15) is 43.0 Å². The first kappa shape index (κ1) is 20.6. The van der Waals surface area contributed by atoms with E-state index in [2.05, 4.69) is 10.6 Å². The minimum Gasteiger partial charge on any atom is -0.452 e. The quantitative estimate of drug-likeness (QED) is 0.446. The van der Waals surface area contributed by atoms with Gasteiger partial charge < -0.3 is 10.1 Å². The van der Waals surface area contributed by atoms with E-state index in [1.54, 1.807) is 0 Å². The van der Waals surface area contributed by atoms with Gasteiger partial charge in [-0.3, -0.25) is 20.2 Å². The number of halogens is 1. The molecule has 0 unspecified atom stereocenters. The predicted octanol–water partition coefficient (Wildman–Crippen LogP) is 2.81. The second-order valence-corrected chi connectivity index (χ2v) is 6.82. The standard InChI is InChI=1S/C17H20ClN3O6/c1-10-4-2-3-5-13(10)19-17(24)20-15(22)9-27-16(23)12-7-6-11(18)8-14(12)21(25)26/h6-8,10,13H,2-5,9H2,1H3,(H2,19,20,22,24)/t10-,13+/m0/s1. The van der Waals surface area contributed by atoms with Crippen LogP contribution in [0.25, 0.3) is 0 Å². The Morgan fingerprint density at radius 1 is 1.30 bits per heavy atom. The molecule has 1 aliphatic carbocycles. The lowest BCUT2D eigenvalue weighted by Crippen LogP contribution is -2.48. The lowest BCUT2D eigenvalue weighted by Gasteiger charge is -2.29. The van der Waals surface area contributed by atoms with Gasteiger partial charge in [-0.25, -0.2) is 9.59 Å². The summed E-state index contributed by atoms with van der Waals surface area (Å²) in [5.74, 6) is -1.57. The summed E-state index contributed by atoms with van der Waals surface area (Å²) in [6.07, 6.45) is 3.99. The van der Waals surface area contributed by atoms with Crippen molar-refractivity contribution in [2.24, 2.45) is 5.92 Å². The van der Waals surface area contributed by atoms with Crippen LogP contribution in [0.3, 0.4) is 0 Å². The Morgan fingerprint density at radius 2 is 2.00 bits per heavy atom. The molecule has 0 saturated heterocycles. The van der Waals surface area contributed by atoms with Gasteiger partial charge in [0, 0.05) is 17.1 Å². The van der Waals surface area contributed by atoms with E-state index >= 15 is 0 Å². The van der Waals surface area contributed by atoms with Crippen molar-refractivity contribution in [3.63, 3.8) is 0 Å². The number of imide groups is 1. The molecule has 0 radical (unpaired) electrons. The Balaban J connectivity index is 1.85. The Bertz CT molecular complexity index is 754. The van der Waals surface area contributed by atoms with Crippen LogP contribution in [0.15, 0.2) is 18.2 Å². The van der Waals surface area contributed by atoms with E-state index in [0.29, 0.717) is 5.92 Å². The number of urea groups is 1. The number of benzene rings is 1. The summed E-state index contributed by atoms with van der Waals surface area (Å²) in [4.78, 5) is 45.8. The van der Waals surface area contributed by atoms with Gasteiger partial charge in [0.1, 0.15) is 5.56 Å². The number of carbonyl (C=O) groups excluding carboxylic acids is 3. The van der Waals surface area contributed by atoms with Crippen molar-refractivity contribution >= 4 is 35.2 Å². The molecular formula is C17H20ClN3O6. The molecule has 9 nitrogen and oxygen atoms in total. The SMILES string of the molecule is C[C@H]1CCCC[C@H]1NC(=O)NC(=O)COC(=O)c1ccc(Cl)cc1[N+](=O)[O-]. The minimum atomic E-state index is -1.06. The van der Waals surface area contributed by atoms with Crippen molar-refractivity contribution in [3.8, 4) is 0 Å². The van der Waals surface area contributed by atoms with Crippen molar-refractivity contribution in [3.05, 3.63) is 38.9 Å². The molecular weight excluding hydrogens is 378 g/mol. The highest BCUT2D eigenvalue weighted by atomic mass is 35.5. The van der Waals surface area contributed by atoms with Gasteiger partial charge in [0.15, 0.2) is 6.61 Å². The fourth-order valence-corrected chi connectivity index (χ4v) is 3.10. The number of hydrogen-bond donors (Lipinski definition) is 2. The van der Waals surface area contributed by atoms with Crippen LogP contribution in [0.5, 0.6) is 0 Å². The maximum atomic E-state index is 12.0. The number of nitrogens with one attached hydrogen (secondary N) is 2. The van der Waals surface area contributed by atoms with E-state index in [4.69, 9.17) is 16.3 Å². The van der Waals surface area contributed by atoms with E-state index in [1.807, 2.05) is 6.92 Å². The van der Waals surface area contributed by atoms with Crippen LogP contribution < -0.4 is 10.6 Å². The van der Waals surface area contributed by atoms with Gasteiger partial charge in [0.05, 0.1) is 4.92 Å². The first-order chi connectivity index (χ1) is 12.8. The van der Waals surface area contributed by atoms with Gasteiger partial charge in [-0.1, -0.05) is 31.4 Å². The number of esters is 1. The highest BCUT2D eigenvalue weighted by molar-refractivity contribution is 6.31. The molecule has 2 rings (SSSR count). The molecule has 1 fully saturated rings. The second-order valence-electron chi connectivity index (χ2n) is 6.38. The fraction of sp³-hybridized carbons (Fsp3) is 0.471. The van der Waals surface area contributed by atoms with Gasteiger partial charge in [-0.2, -0.15) is 0 Å². The number of rotatable bonds is 5. The van der Waals surface area contributed by atoms with Crippen LogP contribution in [0, 0.1) is 16.0 Å². The number of nitro groups is 1. The largest absolute Gasteiger partial charge is 0.452 e. The third-order valence-electron chi connectivity index (χ3n) is 4.39. The average Bonchev–Trinajstić information content (AvgIpc) is 2.61. The number of amides is 3. The summed E-state index contributed by atoms with van der Waals surface area (Å²) in [5, 5.41) is 15.9. The molecule has 146 valence electrons. The number of carbonyl (C=O) groups is 3. The van der Waals surface area contributed by atoms with Crippen molar-refractivity contribution in [2.75, 3.05) is 6.61 Å². The zero-order valence-corrected chi connectivity index (χ0v) is 15.5. The van der Waals surface area contributed by atoms with Gasteiger partial charge in [0.25, 0.3) is 11.6 Å². The van der Waals surface area contributed by atoms with E-state index < -0.39 is 35.1 Å². The van der Waals surface area contributed by atoms with Crippen molar-refractivity contribution in [2.45, 2.75) is 38.6 Å². The summed E-state index contributed by atoms with van der Waals surface area (Å²) in [5.41, 5.74) is -0.866. The molecule has 10 heteroatoms. The topological polar surface area (TPSA) is 128 Å². The Labute approximate surface area is 160 Å². The monoisotopic (exact) mass is 397 g/mol. The Morgan fingerprint density at radius 3 is 2.67 bits per heavy atom. The molecule has 1 saturated carbocycles. The molecule has 2 N–H and O–H groups in total. The molecule has 2 atom stereocenters. The maximum Gasteiger partial charge on any atom is 0.345 e. The van der Waals surface area contributed by atoms with Gasteiger partial charge in [0.2, 0.25) is 0 Å². The lowest BCUT2D eigenvalue weighted by molar-refractivity contribution is -0.385. The molecule has 27 heavy (non-hydrogen) atoms. The van der Waals surface area contributed by atoms with E-state index in [1.165, 1.54) is 6.07 Å². The van der Waals surface area contributed by atoms with E-state index in [9.17, 15) is 24.5 Å². The number of hydrogen-bond acceptors (Lipinski definition) is 6. The molecule has 1 aromatic carbocycles. The lowest BCUT2D eigenvalue weighted by atomic mass is 9.86. The third kappa shape index (κ3) is 5.92. The van der Waals surface area contributed by atoms with Crippen LogP contribution in [0.2, 0.25) is 5.02 Å². The van der Waals surface area contributed by atoms with Crippen molar-refractivity contribution in [1.82, 2.24) is 10.6 Å². The average molecular weight is 398 g/mol. The summed E-state index contributed by atoms with van der Waals surface area (Å²) in [6, 6.07) is 2.77. The summed E-state index contributed by atoms with van der Waals surface area (Å²) in [7, 11) is 0. The van der Waals surface area contributed by atoms with Crippen LogP contribution in [-0.4, -0.2) is 35.5 Å². The van der Waals surface area contributed by atoms with Crippen LogP contribution in [-0.2, 0) is 9.53 Å². The zero-order chi connectivity index (χ0) is 20.0. The highest BCUT2D eigenvalue weighted by Gasteiger charge is 2.25. The first-order valence-corrected chi connectivity index (χ1v) is 8.87. The molecule has 0 aromatic heterocycles. The molecule has 1 aromatic rings. The van der Waals surface area contributed by atoms with Gasteiger partial charge in [-0.15, -0.1) is 0 Å². The van der Waals surface area contributed by atoms with Gasteiger partial charge >= 0.3 is 12.0 Å². The highest BCUT2D eigenvalue weighted by Crippen LogP contribution is 2.24. The van der Waals surface area contributed by atoms with E-state index in [0.717, 1.165) is 37.8 Å². The summed E-state index contributed by atoms with van der Waals surface area (Å²) in [6.45, 7) is 1.29. The number of nitro benzene ring substituents is 1. The molecule has 1 aliphatic rings. The zero-order valence-electron chi connectivity index (χ0n) is 14.7. The smallest absolute Gasteiger partial charge is 0.345 e. The third-order valence-corrected chi connectivity index (χ3v) is 4.63. The van der Waals surface area contributed by atoms with Crippen molar-refractivity contribution in [1.29, 1.82) is 0 Å². The summed E-state index contributed by atoms with van der Waals surface area (Å²) < 4.78 is 4.75. The molecule has 0 aliphatic heterocycles. The maximum absolute atomic E-state index is 12.0. The molecule has 3 amide bonds. The second kappa shape index (κ2) is 9.31. The fourth-order valence-electron chi connectivity index (χ4n) is 2.94. The van der Waals surface area contributed by atoms with Crippen LogP contribution in [0.4, 0.5) is 10.5 Å². The normalized spacial score (nSPS) is 19.0. The Hall–Kier alpha value is -2.68. The van der Waals surface area contributed by atoms with Crippen molar-refractivity contribution < 1.29 is 24.0 Å². The molecule has 0 bridgehead atoms. The Kier molecular flexibility index (Phi) is 7.12. The van der Waals surface area contributed by atoms with E-state index in [-0.39, 0.29) is 16.6 Å². The molecule has 0 spiro atoms. The number of nitrogens with zero attached hydrogens (tertiary/aromatic N) is 1. The van der Waals surface area contributed by atoms with Crippen LogP contribution >= 0.6 is 11.6 Å². The minimum absolute atomic E-state index is 0.00850. The molecule has 0 heterocycles. The number of ether oxygens (including phenoxy) is 1. The summed E-state index contributed by atoms with van der Waals surface area (Å²) >= 11 is 5.68. The van der Waals surface area contributed by atoms with Gasteiger partial charge in [-0.05, 0) is 30.9 Å². The predicted molar refractivity (Wildman–Crippen MR) is 96.5 cm³/mol. The first-order valence-electron chi connectivity index (χ1n) is 8.49.